The van der Waals surface area contributed by atoms with Gasteiger partial charge in [0.1, 0.15) is 0 Å². The fraction of sp³-hybridized carbons (Fsp3) is 0.600. The number of nitrogens with zero attached hydrogens (tertiary/aromatic N) is 1. The third-order valence-electron chi connectivity index (χ3n) is 2.84. The van der Waals surface area contributed by atoms with Crippen molar-refractivity contribution in [3.05, 3.63) is 30.1 Å². The molecule has 0 saturated carbocycles. The van der Waals surface area contributed by atoms with Gasteiger partial charge in [-0.3, -0.25) is 4.98 Å². The lowest BCUT2D eigenvalue weighted by Gasteiger charge is -2.25. The minimum absolute atomic E-state index is 0.0483. The number of aliphatic hydroxyl groups is 1. The molecule has 1 unspecified atom stereocenters. The van der Waals surface area contributed by atoms with Crippen LogP contribution in [0.5, 0.6) is 0 Å². The van der Waals surface area contributed by atoms with Gasteiger partial charge in [0.25, 0.3) is 0 Å². The molecule has 0 aromatic carbocycles. The Kier molecular flexibility index (Phi) is 6.45. The maximum Gasteiger partial charge on any atom is 0.315 e. The van der Waals surface area contributed by atoms with E-state index in [2.05, 4.69) is 36.4 Å². The number of aromatic nitrogens is 1. The van der Waals surface area contributed by atoms with E-state index in [4.69, 9.17) is 0 Å². The number of carbonyl (C=O) groups is 1. The molecule has 5 heteroatoms. The van der Waals surface area contributed by atoms with Gasteiger partial charge in [-0.2, -0.15) is 0 Å². The SMILES string of the molecule is CC(C)(C)CC(CO)NC(=O)NCCc1cccnc1. The molecule has 0 aliphatic carbocycles. The number of carbonyl (C=O) groups excluding carboxylic acids is 1. The summed E-state index contributed by atoms with van der Waals surface area (Å²) in [6, 6.07) is 3.40. The van der Waals surface area contributed by atoms with Crippen LogP contribution in [0.4, 0.5) is 4.79 Å². The lowest BCUT2D eigenvalue weighted by atomic mass is 9.88. The van der Waals surface area contributed by atoms with Crippen LogP contribution in [0.3, 0.4) is 0 Å². The summed E-state index contributed by atoms with van der Waals surface area (Å²) in [6.07, 6.45) is 4.99. The van der Waals surface area contributed by atoms with Crippen LogP contribution in [-0.2, 0) is 6.42 Å². The van der Waals surface area contributed by atoms with E-state index in [1.54, 1.807) is 12.4 Å². The van der Waals surface area contributed by atoms with Gasteiger partial charge in [0.15, 0.2) is 0 Å². The highest BCUT2D eigenvalue weighted by Crippen LogP contribution is 2.20. The molecule has 1 atom stereocenters. The van der Waals surface area contributed by atoms with Crippen molar-refractivity contribution in [1.29, 1.82) is 0 Å². The molecule has 0 saturated heterocycles. The van der Waals surface area contributed by atoms with Gasteiger partial charge in [-0.25, -0.2) is 4.79 Å². The Labute approximate surface area is 120 Å². The lowest BCUT2D eigenvalue weighted by molar-refractivity contribution is 0.191. The van der Waals surface area contributed by atoms with Crippen LogP contribution in [0.25, 0.3) is 0 Å². The molecule has 0 radical (unpaired) electrons. The number of urea groups is 1. The monoisotopic (exact) mass is 279 g/mol. The Hall–Kier alpha value is -1.62. The van der Waals surface area contributed by atoms with E-state index in [0.29, 0.717) is 6.54 Å². The summed E-state index contributed by atoms with van der Waals surface area (Å²) >= 11 is 0. The van der Waals surface area contributed by atoms with Crippen molar-refractivity contribution in [2.75, 3.05) is 13.2 Å². The van der Waals surface area contributed by atoms with Gasteiger partial charge in [-0.15, -0.1) is 0 Å². The summed E-state index contributed by atoms with van der Waals surface area (Å²) in [5.41, 5.74) is 1.15. The zero-order valence-electron chi connectivity index (χ0n) is 12.5. The first-order chi connectivity index (χ1) is 9.40. The molecule has 0 spiro atoms. The first-order valence-electron chi connectivity index (χ1n) is 6.95. The zero-order chi connectivity index (χ0) is 15.0. The predicted octanol–water partition coefficient (Wildman–Crippen LogP) is 1.72. The van der Waals surface area contributed by atoms with Gasteiger partial charge < -0.3 is 15.7 Å². The van der Waals surface area contributed by atoms with E-state index in [1.807, 2.05) is 12.1 Å². The molecule has 0 aliphatic rings. The molecule has 0 bridgehead atoms. The lowest BCUT2D eigenvalue weighted by Crippen LogP contribution is -2.45. The van der Waals surface area contributed by atoms with Gasteiger partial charge in [0.2, 0.25) is 0 Å². The molecule has 1 aromatic heterocycles. The maximum absolute atomic E-state index is 11.7. The Morgan fingerprint density at radius 2 is 2.20 bits per heavy atom. The first kappa shape index (κ1) is 16.4. The second kappa shape index (κ2) is 7.85. The molecule has 1 heterocycles. The van der Waals surface area contributed by atoms with Gasteiger partial charge in [-0.05, 0) is 29.9 Å². The van der Waals surface area contributed by atoms with Gasteiger partial charge in [0.05, 0.1) is 12.6 Å². The van der Waals surface area contributed by atoms with Crippen molar-refractivity contribution < 1.29 is 9.90 Å². The molecular weight excluding hydrogens is 254 g/mol. The van der Waals surface area contributed by atoms with E-state index in [9.17, 15) is 9.90 Å². The number of hydrogen-bond acceptors (Lipinski definition) is 3. The summed E-state index contributed by atoms with van der Waals surface area (Å²) in [4.78, 5) is 15.8. The van der Waals surface area contributed by atoms with Crippen LogP contribution in [0.2, 0.25) is 0 Å². The predicted molar refractivity (Wildman–Crippen MR) is 79.4 cm³/mol. The highest BCUT2D eigenvalue weighted by Gasteiger charge is 2.19. The molecule has 0 aliphatic heterocycles. The third-order valence-corrected chi connectivity index (χ3v) is 2.84. The van der Waals surface area contributed by atoms with E-state index in [-0.39, 0.29) is 24.1 Å². The van der Waals surface area contributed by atoms with Crippen molar-refractivity contribution in [1.82, 2.24) is 15.6 Å². The second-order valence-electron chi connectivity index (χ2n) is 6.16. The van der Waals surface area contributed by atoms with E-state index >= 15 is 0 Å². The topological polar surface area (TPSA) is 74.2 Å². The Morgan fingerprint density at radius 1 is 1.45 bits per heavy atom. The minimum Gasteiger partial charge on any atom is -0.394 e. The summed E-state index contributed by atoms with van der Waals surface area (Å²) in [5.74, 6) is 0. The average molecular weight is 279 g/mol. The van der Waals surface area contributed by atoms with Crippen LogP contribution in [-0.4, -0.2) is 35.3 Å². The quantitative estimate of drug-likeness (QED) is 0.742. The maximum atomic E-state index is 11.7. The van der Waals surface area contributed by atoms with Crippen LogP contribution in [0.15, 0.2) is 24.5 Å². The fourth-order valence-electron chi connectivity index (χ4n) is 2.00. The zero-order valence-corrected chi connectivity index (χ0v) is 12.5. The molecule has 1 rings (SSSR count). The summed E-state index contributed by atoms with van der Waals surface area (Å²) in [5, 5.41) is 14.9. The summed E-state index contributed by atoms with van der Waals surface area (Å²) < 4.78 is 0. The molecule has 0 fully saturated rings. The number of nitrogens with one attached hydrogen (secondary N) is 2. The molecule has 3 N–H and O–H groups in total. The second-order valence-corrected chi connectivity index (χ2v) is 6.16. The number of pyridine rings is 1. The van der Waals surface area contributed by atoms with Crippen molar-refractivity contribution >= 4 is 6.03 Å². The van der Waals surface area contributed by atoms with Crippen molar-refractivity contribution in [2.24, 2.45) is 5.41 Å². The van der Waals surface area contributed by atoms with Crippen molar-refractivity contribution in [3.63, 3.8) is 0 Å². The minimum atomic E-state index is -0.239. The number of amides is 2. The molecule has 20 heavy (non-hydrogen) atoms. The Morgan fingerprint density at radius 3 is 2.75 bits per heavy atom. The molecule has 2 amide bonds. The van der Waals surface area contributed by atoms with E-state index in [1.165, 1.54) is 0 Å². The Balaban J connectivity index is 2.28. The highest BCUT2D eigenvalue weighted by molar-refractivity contribution is 5.74. The number of rotatable bonds is 6. The molecule has 112 valence electrons. The Bertz CT molecular complexity index is 401. The summed E-state index contributed by atoms with van der Waals surface area (Å²) in [6.45, 7) is 6.74. The number of aliphatic hydroxyl groups excluding tert-OH is 1. The normalized spacial score (nSPS) is 12.8. The van der Waals surface area contributed by atoms with Gasteiger partial charge in [-0.1, -0.05) is 26.8 Å². The van der Waals surface area contributed by atoms with Gasteiger partial charge in [0, 0.05) is 18.9 Å². The molecule has 5 nitrogen and oxygen atoms in total. The standard InChI is InChI=1S/C15H25N3O2/c1-15(2,3)9-13(11-19)18-14(20)17-8-6-12-5-4-7-16-10-12/h4-5,7,10,13,19H,6,8-9,11H2,1-3H3,(H2,17,18,20). The highest BCUT2D eigenvalue weighted by atomic mass is 16.3. The average Bonchev–Trinajstić information content (AvgIpc) is 2.37. The van der Waals surface area contributed by atoms with Crippen LogP contribution in [0.1, 0.15) is 32.8 Å². The van der Waals surface area contributed by atoms with Crippen molar-refractivity contribution in [2.45, 2.75) is 39.7 Å². The number of hydrogen-bond donors (Lipinski definition) is 3. The smallest absolute Gasteiger partial charge is 0.315 e. The molecular formula is C15H25N3O2. The fourth-order valence-corrected chi connectivity index (χ4v) is 2.00. The van der Waals surface area contributed by atoms with Crippen LogP contribution >= 0.6 is 0 Å². The summed E-state index contributed by atoms with van der Waals surface area (Å²) in [7, 11) is 0. The van der Waals surface area contributed by atoms with E-state index < -0.39 is 0 Å². The van der Waals surface area contributed by atoms with Gasteiger partial charge >= 0.3 is 6.03 Å². The first-order valence-corrected chi connectivity index (χ1v) is 6.95. The van der Waals surface area contributed by atoms with Crippen LogP contribution < -0.4 is 10.6 Å². The van der Waals surface area contributed by atoms with Crippen LogP contribution in [0, 0.1) is 5.41 Å². The molecule has 1 aromatic rings. The van der Waals surface area contributed by atoms with Crippen molar-refractivity contribution in [3.8, 4) is 0 Å². The third kappa shape index (κ3) is 7.09. The van der Waals surface area contributed by atoms with E-state index in [0.717, 1.165) is 18.4 Å². The largest absolute Gasteiger partial charge is 0.394 e.